The van der Waals surface area contributed by atoms with Gasteiger partial charge in [0, 0.05) is 23.4 Å². The third-order valence-electron chi connectivity index (χ3n) is 4.06. The number of amides is 2. The van der Waals surface area contributed by atoms with Crippen LogP contribution in [-0.4, -0.2) is 16.9 Å². The van der Waals surface area contributed by atoms with Crippen molar-refractivity contribution in [1.82, 2.24) is 0 Å². The first-order valence-corrected chi connectivity index (χ1v) is 9.09. The highest BCUT2D eigenvalue weighted by Gasteiger charge is 2.07. The lowest BCUT2D eigenvalue weighted by Gasteiger charge is -2.08. The zero-order valence-electron chi connectivity index (χ0n) is 15.1. The summed E-state index contributed by atoms with van der Waals surface area (Å²) in [7, 11) is 0. The summed E-state index contributed by atoms with van der Waals surface area (Å²) in [5.41, 5.74) is 1.81. The maximum Gasteiger partial charge on any atom is 0.255 e. The standard InChI is InChI=1S/C21H26N2O3/c1-2-3-4-5-6-7-20(25)22-17-10-12-18(13-11-17)23-21(26)16-8-14-19(24)15-9-16/h8-15,24H,2-7H2,1H3,(H,22,25)(H,23,26). The Labute approximate surface area is 154 Å². The van der Waals surface area contributed by atoms with E-state index < -0.39 is 0 Å². The molecule has 0 atom stereocenters. The molecular weight excluding hydrogens is 328 g/mol. The van der Waals surface area contributed by atoms with Gasteiger partial charge in [-0.05, 0) is 55.0 Å². The summed E-state index contributed by atoms with van der Waals surface area (Å²) in [6, 6.07) is 13.1. The monoisotopic (exact) mass is 354 g/mol. The van der Waals surface area contributed by atoms with Crippen LogP contribution < -0.4 is 10.6 Å². The fourth-order valence-electron chi connectivity index (χ4n) is 2.57. The van der Waals surface area contributed by atoms with Crippen LogP contribution >= 0.6 is 0 Å². The van der Waals surface area contributed by atoms with E-state index in [0.29, 0.717) is 23.4 Å². The van der Waals surface area contributed by atoms with Gasteiger partial charge < -0.3 is 15.7 Å². The molecule has 0 saturated carbocycles. The molecule has 2 rings (SSSR count). The van der Waals surface area contributed by atoms with E-state index in [-0.39, 0.29) is 17.6 Å². The molecule has 0 bridgehead atoms. The van der Waals surface area contributed by atoms with Gasteiger partial charge in [0.25, 0.3) is 5.91 Å². The number of phenols is 1. The van der Waals surface area contributed by atoms with Gasteiger partial charge in [0.15, 0.2) is 0 Å². The predicted octanol–water partition coefficient (Wildman–Crippen LogP) is 4.94. The maximum absolute atomic E-state index is 12.1. The number of unbranched alkanes of at least 4 members (excludes halogenated alkanes) is 4. The largest absolute Gasteiger partial charge is 0.508 e. The second-order valence-corrected chi connectivity index (χ2v) is 6.29. The van der Waals surface area contributed by atoms with E-state index in [4.69, 9.17) is 0 Å². The molecule has 5 heteroatoms. The van der Waals surface area contributed by atoms with Gasteiger partial charge in [-0.25, -0.2) is 0 Å². The fourth-order valence-corrected chi connectivity index (χ4v) is 2.57. The molecule has 0 radical (unpaired) electrons. The third-order valence-corrected chi connectivity index (χ3v) is 4.06. The number of rotatable bonds is 9. The van der Waals surface area contributed by atoms with Crippen molar-refractivity contribution < 1.29 is 14.7 Å². The van der Waals surface area contributed by atoms with Crippen molar-refractivity contribution in [3.63, 3.8) is 0 Å². The van der Waals surface area contributed by atoms with E-state index in [1.807, 2.05) is 0 Å². The summed E-state index contributed by atoms with van der Waals surface area (Å²) in [5, 5.41) is 14.9. The van der Waals surface area contributed by atoms with Crippen molar-refractivity contribution >= 4 is 23.2 Å². The van der Waals surface area contributed by atoms with Crippen molar-refractivity contribution in [1.29, 1.82) is 0 Å². The molecule has 2 aromatic carbocycles. The first kappa shape index (κ1) is 19.5. The van der Waals surface area contributed by atoms with E-state index in [1.165, 1.54) is 31.4 Å². The molecule has 3 N–H and O–H groups in total. The molecule has 0 aliphatic carbocycles. The van der Waals surface area contributed by atoms with E-state index in [1.54, 1.807) is 36.4 Å². The third kappa shape index (κ3) is 6.59. The summed E-state index contributed by atoms with van der Waals surface area (Å²) in [4.78, 5) is 24.0. The smallest absolute Gasteiger partial charge is 0.255 e. The summed E-state index contributed by atoms with van der Waals surface area (Å²) < 4.78 is 0. The molecule has 0 saturated heterocycles. The number of benzene rings is 2. The lowest BCUT2D eigenvalue weighted by molar-refractivity contribution is -0.116. The molecular formula is C21H26N2O3. The van der Waals surface area contributed by atoms with Crippen LogP contribution in [-0.2, 0) is 4.79 Å². The van der Waals surface area contributed by atoms with Crippen molar-refractivity contribution in [2.24, 2.45) is 0 Å². The van der Waals surface area contributed by atoms with Gasteiger partial charge >= 0.3 is 0 Å². The van der Waals surface area contributed by atoms with Crippen LogP contribution in [0.5, 0.6) is 5.75 Å². The van der Waals surface area contributed by atoms with Crippen LogP contribution in [0.15, 0.2) is 48.5 Å². The summed E-state index contributed by atoms with van der Waals surface area (Å²) in [6.07, 6.45) is 6.12. The minimum absolute atomic E-state index is 0.0161. The number of hydrogen-bond acceptors (Lipinski definition) is 3. The number of aromatic hydroxyl groups is 1. The number of anilines is 2. The number of phenolic OH excluding ortho intramolecular Hbond substituents is 1. The Balaban J connectivity index is 1.79. The normalized spacial score (nSPS) is 10.3. The minimum atomic E-state index is -0.256. The number of carbonyl (C=O) groups is 2. The van der Waals surface area contributed by atoms with Crippen molar-refractivity contribution in [3.8, 4) is 5.75 Å². The zero-order valence-corrected chi connectivity index (χ0v) is 15.1. The number of carbonyl (C=O) groups excluding carboxylic acids is 2. The molecule has 0 aliphatic heterocycles. The molecule has 5 nitrogen and oxygen atoms in total. The van der Waals surface area contributed by atoms with Crippen molar-refractivity contribution in [2.45, 2.75) is 45.4 Å². The van der Waals surface area contributed by atoms with Gasteiger partial charge in [-0.2, -0.15) is 0 Å². The Morgan fingerprint density at radius 1 is 0.808 bits per heavy atom. The summed E-state index contributed by atoms with van der Waals surface area (Å²) in [6.45, 7) is 2.17. The quantitative estimate of drug-likeness (QED) is 0.558. The minimum Gasteiger partial charge on any atom is -0.508 e. The Morgan fingerprint density at radius 2 is 1.38 bits per heavy atom. The maximum atomic E-state index is 12.1. The molecule has 2 amide bonds. The van der Waals surface area contributed by atoms with Crippen molar-refractivity contribution in [3.05, 3.63) is 54.1 Å². The lowest BCUT2D eigenvalue weighted by Crippen LogP contribution is -2.12. The Kier molecular flexibility index (Phi) is 7.68. The van der Waals surface area contributed by atoms with E-state index >= 15 is 0 Å². The Bertz CT molecular complexity index is 709. The number of hydrogen-bond donors (Lipinski definition) is 3. The second kappa shape index (κ2) is 10.2. The fraction of sp³-hybridized carbons (Fsp3) is 0.333. The van der Waals surface area contributed by atoms with Gasteiger partial charge in [-0.3, -0.25) is 9.59 Å². The van der Waals surface area contributed by atoms with E-state index in [2.05, 4.69) is 17.6 Å². The number of nitrogens with one attached hydrogen (secondary N) is 2. The topological polar surface area (TPSA) is 78.4 Å². The predicted molar refractivity (Wildman–Crippen MR) is 105 cm³/mol. The highest BCUT2D eigenvalue weighted by atomic mass is 16.3. The zero-order chi connectivity index (χ0) is 18.8. The van der Waals surface area contributed by atoms with Crippen LogP contribution in [0.2, 0.25) is 0 Å². The van der Waals surface area contributed by atoms with E-state index in [0.717, 1.165) is 12.8 Å². The van der Waals surface area contributed by atoms with Crippen LogP contribution in [0.4, 0.5) is 11.4 Å². The van der Waals surface area contributed by atoms with Crippen LogP contribution in [0.25, 0.3) is 0 Å². The first-order chi connectivity index (χ1) is 12.6. The Hall–Kier alpha value is -2.82. The van der Waals surface area contributed by atoms with Gasteiger partial charge in [0.1, 0.15) is 5.75 Å². The van der Waals surface area contributed by atoms with Gasteiger partial charge in [0.2, 0.25) is 5.91 Å². The molecule has 0 heterocycles. The summed E-state index contributed by atoms with van der Waals surface area (Å²) in [5.74, 6) is -0.122. The molecule has 0 aliphatic rings. The van der Waals surface area contributed by atoms with Gasteiger partial charge in [-0.1, -0.05) is 32.6 Å². The van der Waals surface area contributed by atoms with E-state index in [9.17, 15) is 14.7 Å². The van der Waals surface area contributed by atoms with Crippen LogP contribution in [0.3, 0.4) is 0 Å². The van der Waals surface area contributed by atoms with Gasteiger partial charge in [0.05, 0.1) is 0 Å². The molecule has 0 aromatic heterocycles. The van der Waals surface area contributed by atoms with Crippen molar-refractivity contribution in [2.75, 3.05) is 10.6 Å². The van der Waals surface area contributed by atoms with Crippen LogP contribution in [0.1, 0.15) is 55.8 Å². The molecule has 0 spiro atoms. The molecule has 2 aromatic rings. The Morgan fingerprint density at radius 3 is 2.00 bits per heavy atom. The average molecular weight is 354 g/mol. The highest BCUT2D eigenvalue weighted by Crippen LogP contribution is 2.16. The molecule has 0 fully saturated rings. The SMILES string of the molecule is CCCCCCCC(=O)Nc1ccc(NC(=O)c2ccc(O)cc2)cc1. The van der Waals surface area contributed by atoms with Crippen LogP contribution in [0, 0.1) is 0 Å². The van der Waals surface area contributed by atoms with Gasteiger partial charge in [-0.15, -0.1) is 0 Å². The first-order valence-electron chi connectivity index (χ1n) is 9.09. The summed E-state index contributed by atoms with van der Waals surface area (Å²) >= 11 is 0. The molecule has 0 unspecified atom stereocenters. The molecule has 138 valence electrons. The highest BCUT2D eigenvalue weighted by molar-refractivity contribution is 6.04. The average Bonchev–Trinajstić information content (AvgIpc) is 2.63. The second-order valence-electron chi connectivity index (χ2n) is 6.29. The lowest BCUT2D eigenvalue weighted by atomic mass is 10.1. The molecule has 26 heavy (non-hydrogen) atoms.